The number of amides is 4. The molecule has 0 aliphatic carbocycles. The number of rotatable bonds is 1. The number of hydrogen-bond acceptors (Lipinski definition) is 5. The Morgan fingerprint density at radius 3 is 2.50 bits per heavy atom. The molecule has 1 spiro atoms. The zero-order valence-electron chi connectivity index (χ0n) is 15.7. The Hall–Kier alpha value is -2.00. The van der Waals surface area contributed by atoms with Gasteiger partial charge in [0.1, 0.15) is 5.82 Å². The van der Waals surface area contributed by atoms with Crippen LogP contribution in [0.4, 0.5) is 14.9 Å². The number of morpholine rings is 1. The topological polar surface area (TPSA) is 87.7 Å². The van der Waals surface area contributed by atoms with E-state index in [9.17, 15) is 18.8 Å². The summed E-state index contributed by atoms with van der Waals surface area (Å²) in [7, 11) is 0. The van der Waals surface area contributed by atoms with Gasteiger partial charge in [0.15, 0.2) is 5.41 Å². The van der Waals surface area contributed by atoms with E-state index in [0.29, 0.717) is 17.8 Å². The second-order valence-electron chi connectivity index (χ2n) is 8.03. The number of anilines is 1. The predicted octanol–water partition coefficient (Wildman–Crippen LogP) is 2.11. The number of nitrogens with zero attached hydrogens (tertiary/aromatic N) is 1. The van der Waals surface area contributed by atoms with Crippen LogP contribution >= 0.6 is 15.9 Å². The van der Waals surface area contributed by atoms with Crippen molar-refractivity contribution in [1.29, 1.82) is 0 Å². The number of urea groups is 1. The fraction of sp³-hybridized carbons (Fsp3) is 0.526. The summed E-state index contributed by atoms with van der Waals surface area (Å²) in [6.45, 7) is 6.22. The van der Waals surface area contributed by atoms with Gasteiger partial charge in [0.25, 0.3) is 0 Å². The predicted molar refractivity (Wildman–Crippen MR) is 102 cm³/mol. The van der Waals surface area contributed by atoms with Gasteiger partial charge in [-0.1, -0.05) is 13.8 Å². The molecule has 3 aliphatic rings. The Bertz CT molecular complexity index is 870. The third-order valence-corrected chi connectivity index (χ3v) is 6.42. The third kappa shape index (κ3) is 2.67. The zero-order valence-corrected chi connectivity index (χ0v) is 17.3. The summed E-state index contributed by atoms with van der Waals surface area (Å²) in [6.07, 6.45) is -0.572. The van der Waals surface area contributed by atoms with Crippen molar-refractivity contribution in [3.8, 4) is 0 Å². The summed E-state index contributed by atoms with van der Waals surface area (Å²) in [5.74, 6) is -1.72. The minimum atomic E-state index is -1.55. The smallest absolute Gasteiger partial charge is 0.328 e. The summed E-state index contributed by atoms with van der Waals surface area (Å²) in [6, 6.07) is 1.54. The monoisotopic (exact) mass is 453 g/mol. The Balaban J connectivity index is 1.96. The first-order valence-electron chi connectivity index (χ1n) is 9.22. The molecule has 7 nitrogen and oxygen atoms in total. The van der Waals surface area contributed by atoms with Crippen molar-refractivity contribution in [3.05, 3.63) is 28.0 Å². The molecule has 3 aliphatic heterocycles. The molecule has 2 fully saturated rings. The van der Waals surface area contributed by atoms with E-state index in [1.54, 1.807) is 6.07 Å². The minimum absolute atomic E-state index is 0.00722. The van der Waals surface area contributed by atoms with Crippen LogP contribution in [-0.2, 0) is 20.7 Å². The molecule has 4 amide bonds. The number of hydrogen-bond donors (Lipinski definition) is 2. The highest BCUT2D eigenvalue weighted by atomic mass is 79.9. The normalized spacial score (nSPS) is 28.7. The molecule has 4 rings (SSSR count). The molecule has 0 aromatic heterocycles. The van der Waals surface area contributed by atoms with Crippen LogP contribution in [0.15, 0.2) is 16.6 Å². The lowest BCUT2D eigenvalue weighted by atomic mass is 9.65. The van der Waals surface area contributed by atoms with Crippen LogP contribution < -0.4 is 15.5 Å². The van der Waals surface area contributed by atoms with Crippen molar-refractivity contribution in [2.75, 3.05) is 11.4 Å². The SMILES string of the molecule is CC(C)C1O[C@H](C)CN2c3cc(F)c(Br)cc3CC3(C(=O)NC(=O)NC3=O)[C@@H]12. The molecule has 28 heavy (non-hydrogen) atoms. The van der Waals surface area contributed by atoms with Crippen LogP contribution in [0, 0.1) is 17.2 Å². The number of nitrogens with one attached hydrogen (secondary N) is 2. The highest BCUT2D eigenvalue weighted by Gasteiger charge is 2.63. The van der Waals surface area contributed by atoms with Crippen molar-refractivity contribution < 1.29 is 23.5 Å². The zero-order chi connectivity index (χ0) is 20.4. The average molecular weight is 454 g/mol. The van der Waals surface area contributed by atoms with Crippen molar-refractivity contribution in [1.82, 2.24) is 10.6 Å². The van der Waals surface area contributed by atoms with Crippen LogP contribution in [0.3, 0.4) is 0 Å². The van der Waals surface area contributed by atoms with Gasteiger partial charge in [0.2, 0.25) is 11.8 Å². The van der Waals surface area contributed by atoms with E-state index >= 15 is 0 Å². The molecule has 0 bridgehead atoms. The molecule has 0 radical (unpaired) electrons. The Labute approximate surface area is 170 Å². The highest BCUT2D eigenvalue weighted by Crippen LogP contribution is 2.48. The van der Waals surface area contributed by atoms with Crippen LogP contribution in [0.25, 0.3) is 0 Å². The van der Waals surface area contributed by atoms with Gasteiger partial charge in [-0.25, -0.2) is 9.18 Å². The lowest BCUT2D eigenvalue weighted by Gasteiger charge is -2.56. The molecule has 3 atom stereocenters. The van der Waals surface area contributed by atoms with Crippen LogP contribution in [0.1, 0.15) is 26.3 Å². The second kappa shape index (κ2) is 6.52. The van der Waals surface area contributed by atoms with Gasteiger partial charge in [0.05, 0.1) is 22.7 Å². The van der Waals surface area contributed by atoms with E-state index in [2.05, 4.69) is 26.6 Å². The standard InChI is InChI=1S/C19H21BrFN3O4/c1-8(2)14-15-19(16(25)22-18(27)23-17(19)26)6-10-4-11(20)12(21)5-13(10)24(15)7-9(3)28-14/h4-5,8-9,14-15H,6-7H2,1-3H3,(H2,22,23,25,26,27)/t9-,14?,15-/m1/s1. The summed E-state index contributed by atoms with van der Waals surface area (Å²) in [5, 5.41) is 4.51. The lowest BCUT2D eigenvalue weighted by molar-refractivity contribution is -0.156. The van der Waals surface area contributed by atoms with Crippen molar-refractivity contribution in [2.45, 2.75) is 45.4 Å². The molecular weight excluding hydrogens is 433 g/mol. The largest absolute Gasteiger partial charge is 0.371 e. The molecule has 3 heterocycles. The summed E-state index contributed by atoms with van der Waals surface area (Å²) < 4.78 is 20.8. The van der Waals surface area contributed by atoms with Gasteiger partial charge < -0.3 is 9.64 Å². The highest BCUT2D eigenvalue weighted by molar-refractivity contribution is 9.10. The van der Waals surface area contributed by atoms with Gasteiger partial charge >= 0.3 is 6.03 Å². The van der Waals surface area contributed by atoms with Gasteiger partial charge in [-0.3, -0.25) is 20.2 Å². The number of ether oxygens (including phenoxy) is 1. The average Bonchev–Trinajstić information content (AvgIpc) is 2.60. The van der Waals surface area contributed by atoms with E-state index in [-0.39, 0.29) is 22.9 Å². The molecule has 1 aromatic rings. The molecule has 9 heteroatoms. The molecule has 2 N–H and O–H groups in total. The maximum absolute atomic E-state index is 14.3. The third-order valence-electron chi connectivity index (χ3n) is 5.82. The van der Waals surface area contributed by atoms with Crippen LogP contribution in [0.2, 0.25) is 0 Å². The Morgan fingerprint density at radius 1 is 1.25 bits per heavy atom. The molecule has 2 saturated heterocycles. The molecule has 1 aromatic carbocycles. The number of imide groups is 2. The summed E-state index contributed by atoms with van der Waals surface area (Å²) in [5.41, 5.74) is -0.233. The molecule has 150 valence electrons. The number of benzene rings is 1. The van der Waals surface area contributed by atoms with E-state index in [1.807, 2.05) is 25.7 Å². The first kappa shape index (κ1) is 19.3. The maximum Gasteiger partial charge on any atom is 0.328 e. The fourth-order valence-electron chi connectivity index (χ4n) is 4.65. The van der Waals surface area contributed by atoms with E-state index in [0.717, 1.165) is 0 Å². The maximum atomic E-state index is 14.3. The first-order chi connectivity index (χ1) is 13.1. The fourth-order valence-corrected chi connectivity index (χ4v) is 5.05. The van der Waals surface area contributed by atoms with Gasteiger partial charge in [-0.05, 0) is 52.9 Å². The number of fused-ring (bicyclic) bond motifs is 4. The second-order valence-corrected chi connectivity index (χ2v) is 8.89. The number of halogens is 2. The van der Waals surface area contributed by atoms with Gasteiger partial charge in [-0.2, -0.15) is 0 Å². The molecule has 0 saturated carbocycles. The summed E-state index contributed by atoms with van der Waals surface area (Å²) in [4.78, 5) is 39.8. The quantitative estimate of drug-likeness (QED) is 0.635. The van der Waals surface area contributed by atoms with E-state index < -0.39 is 41.2 Å². The van der Waals surface area contributed by atoms with E-state index in [4.69, 9.17) is 4.74 Å². The van der Waals surface area contributed by atoms with Crippen molar-refractivity contribution in [3.63, 3.8) is 0 Å². The Kier molecular flexibility index (Phi) is 4.50. The molecule has 1 unspecified atom stereocenters. The van der Waals surface area contributed by atoms with Crippen LogP contribution in [-0.4, -0.2) is 42.6 Å². The van der Waals surface area contributed by atoms with Crippen LogP contribution in [0.5, 0.6) is 0 Å². The first-order valence-corrected chi connectivity index (χ1v) is 10.0. The minimum Gasteiger partial charge on any atom is -0.371 e. The van der Waals surface area contributed by atoms with Crippen molar-refractivity contribution >= 4 is 39.5 Å². The number of carbonyl (C=O) groups excluding carboxylic acids is 3. The summed E-state index contributed by atoms with van der Waals surface area (Å²) >= 11 is 3.19. The Morgan fingerprint density at radius 2 is 1.89 bits per heavy atom. The molecular formula is C19H21BrFN3O4. The van der Waals surface area contributed by atoms with Gasteiger partial charge in [0, 0.05) is 12.2 Å². The van der Waals surface area contributed by atoms with E-state index in [1.165, 1.54) is 6.07 Å². The van der Waals surface area contributed by atoms with Crippen molar-refractivity contribution in [2.24, 2.45) is 11.3 Å². The lowest BCUT2D eigenvalue weighted by Crippen LogP contribution is -2.76. The number of carbonyl (C=O) groups is 3. The van der Waals surface area contributed by atoms with Gasteiger partial charge in [-0.15, -0.1) is 0 Å². The number of barbiturate groups is 1.